The standard InChI is InChI=1S/C10H19N3/c1-2-10(12-8-11)13-9-6-4-3-5-7-9/h8-9H,2-7H2,1H3,(H2,11,12,13). The summed E-state index contributed by atoms with van der Waals surface area (Å²) in [5.74, 6) is 0.960. The van der Waals surface area contributed by atoms with E-state index in [0.717, 1.165) is 18.6 Å². The zero-order valence-corrected chi connectivity index (χ0v) is 8.34. The topological polar surface area (TPSA) is 48.2 Å². The Labute approximate surface area is 80.1 Å². The summed E-state index contributed by atoms with van der Waals surface area (Å²) in [6.45, 7) is 2.07. The molecule has 0 aromatic rings. The lowest BCUT2D eigenvalue weighted by atomic mass is 9.95. The Morgan fingerprint density at radius 2 is 2.15 bits per heavy atom. The van der Waals surface area contributed by atoms with Gasteiger partial charge in [0.15, 0.2) is 0 Å². The number of rotatable bonds is 3. The second-order valence-electron chi connectivity index (χ2n) is 3.54. The lowest BCUT2D eigenvalue weighted by Crippen LogP contribution is -2.35. The van der Waals surface area contributed by atoms with Crippen molar-refractivity contribution in [1.82, 2.24) is 5.32 Å². The Balaban J connectivity index is 2.35. The first-order valence-corrected chi connectivity index (χ1v) is 5.19. The van der Waals surface area contributed by atoms with Crippen LogP contribution >= 0.6 is 0 Å². The molecule has 1 fully saturated rings. The van der Waals surface area contributed by atoms with E-state index in [4.69, 9.17) is 5.41 Å². The van der Waals surface area contributed by atoms with Gasteiger partial charge >= 0.3 is 0 Å². The minimum absolute atomic E-state index is 0.604. The SMILES string of the molecule is CC/C(=N\C=N)NC1CCCCC1. The van der Waals surface area contributed by atoms with Gasteiger partial charge in [-0.1, -0.05) is 26.2 Å². The number of nitrogens with zero attached hydrogens (tertiary/aromatic N) is 1. The van der Waals surface area contributed by atoms with Crippen LogP contribution in [-0.4, -0.2) is 18.2 Å². The molecule has 1 rings (SSSR count). The average molecular weight is 181 g/mol. The van der Waals surface area contributed by atoms with Gasteiger partial charge in [0.25, 0.3) is 0 Å². The number of nitrogens with one attached hydrogen (secondary N) is 2. The Bertz CT molecular complexity index is 181. The number of aliphatic imine (C=N–C) groups is 1. The highest BCUT2D eigenvalue weighted by molar-refractivity contribution is 5.88. The maximum absolute atomic E-state index is 6.90. The second kappa shape index (κ2) is 5.73. The maximum atomic E-state index is 6.90. The van der Waals surface area contributed by atoms with Gasteiger partial charge in [0, 0.05) is 12.5 Å². The monoisotopic (exact) mass is 181 g/mol. The third-order valence-electron chi connectivity index (χ3n) is 2.53. The van der Waals surface area contributed by atoms with Crippen LogP contribution in [0, 0.1) is 5.41 Å². The molecular weight excluding hydrogens is 162 g/mol. The van der Waals surface area contributed by atoms with Crippen LogP contribution in [0.2, 0.25) is 0 Å². The molecule has 0 atom stereocenters. The molecule has 74 valence electrons. The van der Waals surface area contributed by atoms with Crippen LogP contribution in [0.15, 0.2) is 4.99 Å². The lowest BCUT2D eigenvalue weighted by Gasteiger charge is -2.23. The molecule has 0 heterocycles. The predicted molar refractivity (Wildman–Crippen MR) is 56.5 cm³/mol. The zero-order valence-electron chi connectivity index (χ0n) is 8.34. The molecule has 0 aliphatic heterocycles. The van der Waals surface area contributed by atoms with Crippen LogP contribution < -0.4 is 5.32 Å². The van der Waals surface area contributed by atoms with Gasteiger partial charge in [-0.3, -0.25) is 5.41 Å². The Morgan fingerprint density at radius 1 is 1.46 bits per heavy atom. The van der Waals surface area contributed by atoms with E-state index in [9.17, 15) is 0 Å². The molecule has 0 bridgehead atoms. The van der Waals surface area contributed by atoms with Gasteiger partial charge in [-0.15, -0.1) is 0 Å². The van der Waals surface area contributed by atoms with E-state index in [2.05, 4.69) is 17.2 Å². The van der Waals surface area contributed by atoms with Gasteiger partial charge in [0.05, 0.1) is 0 Å². The fourth-order valence-electron chi connectivity index (χ4n) is 1.79. The summed E-state index contributed by atoms with van der Waals surface area (Å²) in [6.07, 6.45) is 8.58. The first-order valence-electron chi connectivity index (χ1n) is 5.19. The molecule has 0 radical (unpaired) electrons. The number of hydrogen-bond acceptors (Lipinski definition) is 1. The average Bonchev–Trinajstić information content (AvgIpc) is 2.19. The molecule has 3 heteroatoms. The van der Waals surface area contributed by atoms with E-state index < -0.39 is 0 Å². The largest absolute Gasteiger partial charge is 0.371 e. The molecule has 0 unspecified atom stereocenters. The molecule has 1 saturated carbocycles. The third-order valence-corrected chi connectivity index (χ3v) is 2.53. The van der Waals surface area contributed by atoms with E-state index in [1.54, 1.807) is 0 Å². The van der Waals surface area contributed by atoms with Gasteiger partial charge < -0.3 is 5.32 Å². The lowest BCUT2D eigenvalue weighted by molar-refractivity contribution is 0.412. The van der Waals surface area contributed by atoms with Gasteiger partial charge in [0.2, 0.25) is 0 Å². The fraction of sp³-hybridized carbons (Fsp3) is 0.800. The van der Waals surface area contributed by atoms with E-state index in [0.29, 0.717) is 6.04 Å². The molecule has 0 aromatic heterocycles. The van der Waals surface area contributed by atoms with Crippen LogP contribution in [0.5, 0.6) is 0 Å². The van der Waals surface area contributed by atoms with Crippen LogP contribution in [0.4, 0.5) is 0 Å². The zero-order chi connectivity index (χ0) is 9.52. The maximum Gasteiger partial charge on any atom is 0.109 e. The predicted octanol–water partition coefficient (Wildman–Crippen LogP) is 2.32. The van der Waals surface area contributed by atoms with Crippen molar-refractivity contribution in [2.75, 3.05) is 0 Å². The molecule has 0 spiro atoms. The Kier molecular flexibility index (Phi) is 4.50. The number of hydrogen-bond donors (Lipinski definition) is 2. The summed E-state index contributed by atoms with van der Waals surface area (Å²) < 4.78 is 0. The minimum atomic E-state index is 0.604. The van der Waals surface area contributed by atoms with Gasteiger partial charge in [-0.2, -0.15) is 0 Å². The van der Waals surface area contributed by atoms with Crippen molar-refractivity contribution in [2.24, 2.45) is 4.99 Å². The van der Waals surface area contributed by atoms with E-state index in [1.165, 1.54) is 32.1 Å². The summed E-state index contributed by atoms with van der Waals surface area (Å²) in [6, 6.07) is 0.604. The summed E-state index contributed by atoms with van der Waals surface area (Å²) in [5.41, 5.74) is 0. The third kappa shape index (κ3) is 3.57. The highest BCUT2D eigenvalue weighted by Gasteiger charge is 2.13. The summed E-state index contributed by atoms with van der Waals surface area (Å²) in [7, 11) is 0. The minimum Gasteiger partial charge on any atom is -0.371 e. The Morgan fingerprint density at radius 3 is 2.69 bits per heavy atom. The second-order valence-corrected chi connectivity index (χ2v) is 3.54. The van der Waals surface area contributed by atoms with Gasteiger partial charge in [0.1, 0.15) is 12.2 Å². The van der Waals surface area contributed by atoms with Crippen molar-refractivity contribution in [3.63, 3.8) is 0 Å². The highest BCUT2D eigenvalue weighted by Crippen LogP contribution is 2.17. The molecule has 0 aromatic carbocycles. The van der Waals surface area contributed by atoms with Crippen molar-refractivity contribution in [3.8, 4) is 0 Å². The van der Waals surface area contributed by atoms with Crippen LogP contribution in [0.1, 0.15) is 45.4 Å². The Hall–Kier alpha value is -0.860. The van der Waals surface area contributed by atoms with Crippen molar-refractivity contribution in [1.29, 1.82) is 5.41 Å². The smallest absolute Gasteiger partial charge is 0.109 e. The molecule has 0 amide bonds. The summed E-state index contributed by atoms with van der Waals surface area (Å²) in [4.78, 5) is 3.98. The van der Waals surface area contributed by atoms with Crippen LogP contribution in [-0.2, 0) is 0 Å². The van der Waals surface area contributed by atoms with E-state index >= 15 is 0 Å². The highest BCUT2D eigenvalue weighted by atomic mass is 15.0. The van der Waals surface area contributed by atoms with E-state index in [1.807, 2.05) is 0 Å². The first kappa shape index (κ1) is 10.2. The van der Waals surface area contributed by atoms with Gasteiger partial charge in [-0.05, 0) is 12.8 Å². The van der Waals surface area contributed by atoms with Crippen molar-refractivity contribution >= 4 is 12.2 Å². The molecule has 0 saturated heterocycles. The van der Waals surface area contributed by atoms with Crippen LogP contribution in [0.25, 0.3) is 0 Å². The van der Waals surface area contributed by atoms with Crippen molar-refractivity contribution in [3.05, 3.63) is 0 Å². The van der Waals surface area contributed by atoms with Crippen molar-refractivity contribution < 1.29 is 0 Å². The normalized spacial score (nSPS) is 19.9. The molecular formula is C10H19N3. The number of amidine groups is 1. The first-order chi connectivity index (χ1) is 6.36. The summed E-state index contributed by atoms with van der Waals surface area (Å²) in [5, 5.41) is 10.3. The van der Waals surface area contributed by atoms with E-state index in [-0.39, 0.29) is 0 Å². The van der Waals surface area contributed by atoms with Crippen LogP contribution in [0.3, 0.4) is 0 Å². The quantitative estimate of drug-likeness (QED) is 0.509. The summed E-state index contributed by atoms with van der Waals surface area (Å²) >= 11 is 0. The molecule has 1 aliphatic rings. The molecule has 1 aliphatic carbocycles. The fourth-order valence-corrected chi connectivity index (χ4v) is 1.79. The molecule has 13 heavy (non-hydrogen) atoms. The van der Waals surface area contributed by atoms with Crippen molar-refractivity contribution in [2.45, 2.75) is 51.5 Å². The molecule has 2 N–H and O–H groups in total. The van der Waals surface area contributed by atoms with Gasteiger partial charge in [-0.25, -0.2) is 4.99 Å². The molecule has 3 nitrogen and oxygen atoms in total.